The summed E-state index contributed by atoms with van der Waals surface area (Å²) in [5, 5.41) is 0.503. The van der Waals surface area contributed by atoms with Gasteiger partial charge in [0.2, 0.25) is 0 Å². The third kappa shape index (κ3) is 2.53. The number of nitrogens with zero attached hydrogens (tertiary/aromatic N) is 2. The molecule has 0 radical (unpaired) electrons. The van der Waals surface area contributed by atoms with E-state index in [1.165, 1.54) is 0 Å². The summed E-state index contributed by atoms with van der Waals surface area (Å²) >= 11 is 0. The standard InChI is InChI=1S/C17H19N3O3/c21-15-12-4-1-2-5-13(12)18-14(19-15)16(22)20-8-3-6-17(10-20)7-9-23-11-17/h1-2,4-5H,3,6-11H2,(H,18,19,21)/t17-/m1/s1. The molecule has 1 aromatic carbocycles. The number of carbonyl (C=O) groups is 1. The van der Waals surface area contributed by atoms with E-state index in [0.717, 1.165) is 32.5 Å². The molecule has 0 bridgehead atoms. The fraction of sp³-hybridized carbons (Fsp3) is 0.471. The van der Waals surface area contributed by atoms with Gasteiger partial charge in [-0.3, -0.25) is 9.59 Å². The number of para-hydroxylation sites is 1. The number of amides is 1. The molecule has 0 saturated carbocycles. The van der Waals surface area contributed by atoms with Gasteiger partial charge in [-0.15, -0.1) is 0 Å². The first-order chi connectivity index (χ1) is 11.2. The number of rotatable bonds is 1. The first-order valence-corrected chi connectivity index (χ1v) is 8.03. The lowest BCUT2D eigenvalue weighted by atomic mass is 9.79. The van der Waals surface area contributed by atoms with E-state index in [9.17, 15) is 9.59 Å². The Balaban J connectivity index is 1.65. The van der Waals surface area contributed by atoms with Crippen molar-refractivity contribution in [3.63, 3.8) is 0 Å². The molecule has 1 aromatic heterocycles. The van der Waals surface area contributed by atoms with Gasteiger partial charge in [0.25, 0.3) is 11.5 Å². The topological polar surface area (TPSA) is 75.3 Å². The number of fused-ring (bicyclic) bond motifs is 1. The van der Waals surface area contributed by atoms with Crippen LogP contribution in [-0.4, -0.2) is 47.1 Å². The predicted octanol–water partition coefficient (Wildman–Crippen LogP) is 1.57. The highest BCUT2D eigenvalue weighted by molar-refractivity contribution is 5.92. The minimum Gasteiger partial charge on any atom is -0.381 e. The zero-order valence-electron chi connectivity index (χ0n) is 12.9. The Morgan fingerprint density at radius 1 is 1.30 bits per heavy atom. The molecular formula is C17H19N3O3. The molecule has 4 rings (SSSR count). The first kappa shape index (κ1) is 14.4. The second kappa shape index (κ2) is 5.45. The maximum atomic E-state index is 12.8. The molecule has 1 atom stereocenters. The summed E-state index contributed by atoms with van der Waals surface area (Å²) in [6, 6.07) is 7.06. The van der Waals surface area contributed by atoms with Crippen LogP contribution in [0.1, 0.15) is 29.9 Å². The Morgan fingerprint density at radius 2 is 2.17 bits per heavy atom. The number of piperidine rings is 1. The molecule has 1 spiro atoms. The summed E-state index contributed by atoms with van der Waals surface area (Å²) in [6.07, 6.45) is 3.06. The molecule has 2 aromatic rings. The number of carbonyl (C=O) groups excluding carboxylic acids is 1. The van der Waals surface area contributed by atoms with E-state index in [-0.39, 0.29) is 22.7 Å². The molecule has 2 aliphatic rings. The molecule has 2 aliphatic heterocycles. The van der Waals surface area contributed by atoms with Crippen LogP contribution in [0.5, 0.6) is 0 Å². The number of nitrogens with one attached hydrogen (secondary N) is 1. The van der Waals surface area contributed by atoms with Gasteiger partial charge in [-0.25, -0.2) is 4.98 Å². The molecular weight excluding hydrogens is 294 g/mol. The number of likely N-dealkylation sites (tertiary alicyclic amines) is 1. The van der Waals surface area contributed by atoms with Gasteiger partial charge in [0, 0.05) is 25.1 Å². The molecule has 6 nitrogen and oxygen atoms in total. The second-order valence-electron chi connectivity index (χ2n) is 6.56. The Hall–Kier alpha value is -2.21. The SMILES string of the molecule is O=C(c1nc2ccccc2c(=O)[nH]1)N1CCC[C@@]2(CCOC2)C1. The predicted molar refractivity (Wildman–Crippen MR) is 85.4 cm³/mol. The zero-order chi connectivity index (χ0) is 15.9. The van der Waals surface area contributed by atoms with Gasteiger partial charge in [0.1, 0.15) is 0 Å². The normalized spacial score (nSPS) is 24.4. The fourth-order valence-corrected chi connectivity index (χ4v) is 3.69. The van der Waals surface area contributed by atoms with Crippen molar-refractivity contribution >= 4 is 16.8 Å². The van der Waals surface area contributed by atoms with Crippen LogP contribution in [0.4, 0.5) is 0 Å². The van der Waals surface area contributed by atoms with Crippen molar-refractivity contribution in [2.45, 2.75) is 19.3 Å². The Bertz CT molecular complexity index is 808. The number of H-pyrrole nitrogens is 1. The maximum Gasteiger partial charge on any atom is 0.289 e. The number of aromatic nitrogens is 2. The largest absolute Gasteiger partial charge is 0.381 e. The van der Waals surface area contributed by atoms with Gasteiger partial charge in [0.05, 0.1) is 17.5 Å². The highest BCUT2D eigenvalue weighted by Crippen LogP contribution is 2.37. The van der Waals surface area contributed by atoms with E-state index in [4.69, 9.17) is 4.74 Å². The van der Waals surface area contributed by atoms with Crippen molar-refractivity contribution in [1.82, 2.24) is 14.9 Å². The first-order valence-electron chi connectivity index (χ1n) is 8.03. The molecule has 1 N–H and O–H groups in total. The van der Waals surface area contributed by atoms with Crippen LogP contribution in [0, 0.1) is 5.41 Å². The minimum atomic E-state index is -0.269. The van der Waals surface area contributed by atoms with Crippen molar-refractivity contribution < 1.29 is 9.53 Å². The monoisotopic (exact) mass is 313 g/mol. The summed E-state index contributed by atoms with van der Waals surface area (Å²) in [5.41, 5.74) is 0.371. The van der Waals surface area contributed by atoms with Crippen molar-refractivity contribution in [1.29, 1.82) is 0 Å². The van der Waals surface area contributed by atoms with Crippen molar-refractivity contribution in [2.75, 3.05) is 26.3 Å². The molecule has 2 fully saturated rings. The highest BCUT2D eigenvalue weighted by atomic mass is 16.5. The number of hydrogen-bond donors (Lipinski definition) is 1. The summed E-state index contributed by atoms with van der Waals surface area (Å²) in [5.74, 6) is -0.0662. The van der Waals surface area contributed by atoms with E-state index in [1.54, 1.807) is 18.2 Å². The van der Waals surface area contributed by atoms with Crippen LogP contribution < -0.4 is 5.56 Å². The van der Waals surface area contributed by atoms with E-state index >= 15 is 0 Å². The van der Waals surface area contributed by atoms with Crippen molar-refractivity contribution in [3.05, 3.63) is 40.4 Å². The van der Waals surface area contributed by atoms with Crippen LogP contribution >= 0.6 is 0 Å². The highest BCUT2D eigenvalue weighted by Gasteiger charge is 2.40. The number of aromatic amines is 1. The summed E-state index contributed by atoms with van der Waals surface area (Å²) in [6.45, 7) is 2.88. The number of ether oxygens (including phenoxy) is 1. The van der Waals surface area contributed by atoms with Gasteiger partial charge >= 0.3 is 0 Å². The quantitative estimate of drug-likeness (QED) is 0.867. The Kier molecular flexibility index (Phi) is 3.41. The zero-order valence-corrected chi connectivity index (χ0v) is 12.9. The number of hydrogen-bond acceptors (Lipinski definition) is 4. The third-order valence-electron chi connectivity index (χ3n) is 4.95. The maximum absolute atomic E-state index is 12.8. The number of benzene rings is 1. The van der Waals surface area contributed by atoms with Crippen molar-refractivity contribution in [3.8, 4) is 0 Å². The lowest BCUT2D eigenvalue weighted by Gasteiger charge is -2.39. The minimum absolute atomic E-state index is 0.0883. The van der Waals surface area contributed by atoms with Crippen LogP contribution in [0.25, 0.3) is 10.9 Å². The molecule has 2 saturated heterocycles. The summed E-state index contributed by atoms with van der Waals surface area (Å²) in [7, 11) is 0. The summed E-state index contributed by atoms with van der Waals surface area (Å²) < 4.78 is 5.54. The molecule has 0 unspecified atom stereocenters. The molecule has 6 heteroatoms. The van der Waals surface area contributed by atoms with Gasteiger partial charge in [0.15, 0.2) is 5.82 Å². The smallest absolute Gasteiger partial charge is 0.289 e. The Labute approximate surface area is 133 Å². The van der Waals surface area contributed by atoms with Crippen LogP contribution in [0.3, 0.4) is 0 Å². The van der Waals surface area contributed by atoms with E-state index < -0.39 is 0 Å². The van der Waals surface area contributed by atoms with E-state index in [2.05, 4.69) is 9.97 Å². The molecule has 3 heterocycles. The van der Waals surface area contributed by atoms with Crippen LogP contribution in [-0.2, 0) is 4.74 Å². The molecule has 23 heavy (non-hydrogen) atoms. The molecule has 0 aliphatic carbocycles. The fourth-order valence-electron chi connectivity index (χ4n) is 3.69. The van der Waals surface area contributed by atoms with Gasteiger partial charge in [-0.1, -0.05) is 12.1 Å². The second-order valence-corrected chi connectivity index (χ2v) is 6.56. The van der Waals surface area contributed by atoms with Crippen LogP contribution in [0.15, 0.2) is 29.1 Å². The molecule has 1 amide bonds. The van der Waals surface area contributed by atoms with Gasteiger partial charge in [-0.05, 0) is 31.4 Å². The Morgan fingerprint density at radius 3 is 3.00 bits per heavy atom. The van der Waals surface area contributed by atoms with Crippen LogP contribution in [0.2, 0.25) is 0 Å². The van der Waals surface area contributed by atoms with Gasteiger partial charge < -0.3 is 14.6 Å². The lowest BCUT2D eigenvalue weighted by molar-refractivity contribution is 0.0452. The van der Waals surface area contributed by atoms with E-state index in [1.807, 2.05) is 11.0 Å². The lowest BCUT2D eigenvalue weighted by Crippen LogP contribution is -2.47. The van der Waals surface area contributed by atoms with Gasteiger partial charge in [-0.2, -0.15) is 0 Å². The van der Waals surface area contributed by atoms with Crippen molar-refractivity contribution in [2.24, 2.45) is 5.41 Å². The third-order valence-corrected chi connectivity index (χ3v) is 4.95. The average Bonchev–Trinajstić information content (AvgIpc) is 3.02. The summed E-state index contributed by atoms with van der Waals surface area (Å²) in [4.78, 5) is 33.7. The molecule has 120 valence electrons. The average molecular weight is 313 g/mol. The van der Waals surface area contributed by atoms with E-state index in [0.29, 0.717) is 24.0 Å².